The third-order valence-electron chi connectivity index (χ3n) is 3.29. The Kier molecular flexibility index (Phi) is 5.57. The molecule has 2 aromatic rings. The van der Waals surface area contributed by atoms with Gasteiger partial charge in [-0.3, -0.25) is 4.90 Å². The van der Waals surface area contributed by atoms with Crippen molar-refractivity contribution in [3.05, 3.63) is 70.8 Å². The lowest BCUT2D eigenvalue weighted by Crippen LogP contribution is -2.18. The number of rotatable bonds is 4. The van der Waals surface area contributed by atoms with Crippen LogP contribution >= 0.6 is 0 Å². The third kappa shape index (κ3) is 4.75. The maximum atomic E-state index is 8.84. The van der Waals surface area contributed by atoms with E-state index in [9.17, 15) is 0 Å². The lowest BCUT2D eigenvalue weighted by atomic mass is 10.1. The van der Waals surface area contributed by atoms with E-state index in [1.807, 2.05) is 18.2 Å². The molecule has 0 unspecified atom stereocenters. The molecule has 0 spiro atoms. The summed E-state index contributed by atoms with van der Waals surface area (Å²) in [5, 5.41) is 8.84. The van der Waals surface area contributed by atoms with Crippen molar-refractivity contribution in [1.82, 2.24) is 4.90 Å². The normalized spacial score (nSPS) is 10.3. The maximum Gasteiger partial charge on any atom is 0.104 e. The minimum Gasteiger partial charge on any atom is -0.384 e. The second-order valence-corrected chi connectivity index (χ2v) is 5.28. The molecular formula is C19H21NO. The Morgan fingerprint density at radius 1 is 1.05 bits per heavy atom. The Labute approximate surface area is 127 Å². The van der Waals surface area contributed by atoms with Gasteiger partial charge in [0.1, 0.15) is 6.61 Å². The molecule has 0 amide bonds. The molecule has 1 N–H and O–H groups in total. The van der Waals surface area contributed by atoms with Crippen LogP contribution in [0.1, 0.15) is 22.3 Å². The van der Waals surface area contributed by atoms with E-state index in [1.54, 1.807) is 0 Å². The predicted molar refractivity (Wildman–Crippen MR) is 86.8 cm³/mol. The number of aliphatic hydroxyl groups excluding tert-OH is 1. The SMILES string of the molecule is Cc1cccc(CN(C)Cc2ccccc2C#CCO)c1. The average Bonchev–Trinajstić information content (AvgIpc) is 2.46. The van der Waals surface area contributed by atoms with Gasteiger partial charge in [-0.15, -0.1) is 0 Å². The summed E-state index contributed by atoms with van der Waals surface area (Å²) >= 11 is 0. The van der Waals surface area contributed by atoms with Crippen LogP contribution in [-0.4, -0.2) is 23.7 Å². The highest BCUT2D eigenvalue weighted by atomic mass is 16.2. The fourth-order valence-corrected chi connectivity index (χ4v) is 2.38. The molecule has 2 aromatic carbocycles. The van der Waals surface area contributed by atoms with E-state index in [-0.39, 0.29) is 6.61 Å². The number of hydrogen-bond donors (Lipinski definition) is 1. The maximum absolute atomic E-state index is 8.84. The summed E-state index contributed by atoms with van der Waals surface area (Å²) in [6.45, 7) is 3.75. The minimum atomic E-state index is -0.104. The lowest BCUT2D eigenvalue weighted by Gasteiger charge is -2.18. The minimum absolute atomic E-state index is 0.104. The van der Waals surface area contributed by atoms with Crippen LogP contribution in [0.25, 0.3) is 0 Å². The van der Waals surface area contributed by atoms with Gasteiger partial charge >= 0.3 is 0 Å². The molecular weight excluding hydrogens is 258 g/mol. The summed E-state index contributed by atoms with van der Waals surface area (Å²) in [5.74, 6) is 5.74. The molecule has 21 heavy (non-hydrogen) atoms. The second kappa shape index (κ2) is 7.64. The molecule has 0 atom stereocenters. The summed E-state index contributed by atoms with van der Waals surface area (Å²) in [5.41, 5.74) is 4.78. The first kappa shape index (κ1) is 15.3. The lowest BCUT2D eigenvalue weighted by molar-refractivity contribution is 0.319. The second-order valence-electron chi connectivity index (χ2n) is 5.28. The average molecular weight is 279 g/mol. The predicted octanol–water partition coefficient (Wildman–Crippen LogP) is 2.97. The van der Waals surface area contributed by atoms with E-state index >= 15 is 0 Å². The third-order valence-corrected chi connectivity index (χ3v) is 3.29. The quantitative estimate of drug-likeness (QED) is 0.870. The first-order valence-corrected chi connectivity index (χ1v) is 7.11. The van der Waals surface area contributed by atoms with Crippen LogP contribution in [0.15, 0.2) is 48.5 Å². The van der Waals surface area contributed by atoms with Crippen LogP contribution in [-0.2, 0) is 13.1 Å². The van der Waals surface area contributed by atoms with Gasteiger partial charge in [-0.2, -0.15) is 0 Å². The van der Waals surface area contributed by atoms with Crippen molar-refractivity contribution in [3.8, 4) is 11.8 Å². The fraction of sp³-hybridized carbons (Fsp3) is 0.263. The summed E-state index contributed by atoms with van der Waals surface area (Å²) in [6.07, 6.45) is 0. The number of hydrogen-bond acceptors (Lipinski definition) is 2. The van der Waals surface area contributed by atoms with Crippen molar-refractivity contribution < 1.29 is 5.11 Å². The van der Waals surface area contributed by atoms with Gasteiger partial charge in [-0.05, 0) is 31.2 Å². The molecule has 0 saturated carbocycles. The largest absolute Gasteiger partial charge is 0.384 e. The van der Waals surface area contributed by atoms with E-state index in [2.05, 4.69) is 61.0 Å². The molecule has 108 valence electrons. The molecule has 0 fully saturated rings. The summed E-state index contributed by atoms with van der Waals surface area (Å²) in [4.78, 5) is 2.27. The van der Waals surface area contributed by atoms with Gasteiger partial charge in [0.25, 0.3) is 0 Å². The van der Waals surface area contributed by atoms with Crippen molar-refractivity contribution >= 4 is 0 Å². The van der Waals surface area contributed by atoms with Crippen molar-refractivity contribution in [2.45, 2.75) is 20.0 Å². The van der Waals surface area contributed by atoms with Gasteiger partial charge in [0.05, 0.1) is 0 Å². The van der Waals surface area contributed by atoms with E-state index in [0.717, 1.165) is 18.7 Å². The number of aliphatic hydroxyl groups is 1. The monoisotopic (exact) mass is 279 g/mol. The molecule has 0 aliphatic carbocycles. The molecule has 0 radical (unpaired) electrons. The first-order valence-electron chi connectivity index (χ1n) is 7.11. The number of aryl methyl sites for hydroxylation is 1. The van der Waals surface area contributed by atoms with Gasteiger partial charge in [-0.25, -0.2) is 0 Å². The number of benzene rings is 2. The summed E-state index contributed by atoms with van der Waals surface area (Å²) in [7, 11) is 2.11. The molecule has 0 aliphatic rings. The van der Waals surface area contributed by atoms with Crippen LogP contribution in [0, 0.1) is 18.8 Å². The number of nitrogens with zero attached hydrogens (tertiary/aromatic N) is 1. The van der Waals surface area contributed by atoms with Crippen molar-refractivity contribution in [2.75, 3.05) is 13.7 Å². The molecule has 2 rings (SSSR count). The standard InChI is InChI=1S/C19H21NO/c1-16-7-5-8-17(13-16)14-20(2)15-19-10-4-3-9-18(19)11-6-12-21/h3-5,7-10,13,21H,12,14-15H2,1-2H3. The molecule has 0 saturated heterocycles. The highest BCUT2D eigenvalue weighted by molar-refractivity contribution is 5.41. The fourth-order valence-electron chi connectivity index (χ4n) is 2.38. The van der Waals surface area contributed by atoms with E-state index in [0.29, 0.717) is 0 Å². The van der Waals surface area contributed by atoms with Crippen molar-refractivity contribution in [2.24, 2.45) is 0 Å². The van der Waals surface area contributed by atoms with Gasteiger partial charge in [0.15, 0.2) is 0 Å². The smallest absolute Gasteiger partial charge is 0.104 e. The molecule has 0 aromatic heterocycles. The Balaban J connectivity index is 2.07. The zero-order chi connectivity index (χ0) is 15.1. The highest BCUT2D eigenvalue weighted by Crippen LogP contribution is 2.13. The first-order chi connectivity index (χ1) is 10.2. The summed E-state index contributed by atoms with van der Waals surface area (Å²) in [6, 6.07) is 16.7. The van der Waals surface area contributed by atoms with Gasteiger partial charge in [0.2, 0.25) is 0 Å². The Hall–Kier alpha value is -2.08. The Bertz CT molecular complexity index is 652. The van der Waals surface area contributed by atoms with Crippen LogP contribution in [0.3, 0.4) is 0 Å². The van der Waals surface area contributed by atoms with Crippen LogP contribution < -0.4 is 0 Å². The van der Waals surface area contributed by atoms with E-state index in [4.69, 9.17) is 5.11 Å². The molecule has 2 heteroatoms. The molecule has 0 aliphatic heterocycles. The highest BCUT2D eigenvalue weighted by Gasteiger charge is 2.05. The van der Waals surface area contributed by atoms with Crippen molar-refractivity contribution in [1.29, 1.82) is 0 Å². The van der Waals surface area contributed by atoms with Crippen LogP contribution in [0.2, 0.25) is 0 Å². The van der Waals surface area contributed by atoms with E-state index < -0.39 is 0 Å². The van der Waals surface area contributed by atoms with Gasteiger partial charge in [-0.1, -0.05) is 59.9 Å². The Morgan fingerprint density at radius 2 is 1.86 bits per heavy atom. The molecule has 2 nitrogen and oxygen atoms in total. The van der Waals surface area contributed by atoms with Gasteiger partial charge < -0.3 is 5.11 Å². The Morgan fingerprint density at radius 3 is 2.62 bits per heavy atom. The van der Waals surface area contributed by atoms with Crippen LogP contribution in [0.4, 0.5) is 0 Å². The zero-order valence-electron chi connectivity index (χ0n) is 12.6. The van der Waals surface area contributed by atoms with E-state index in [1.165, 1.54) is 16.7 Å². The molecule has 0 bridgehead atoms. The topological polar surface area (TPSA) is 23.5 Å². The zero-order valence-corrected chi connectivity index (χ0v) is 12.6. The molecule has 0 heterocycles. The van der Waals surface area contributed by atoms with Crippen LogP contribution in [0.5, 0.6) is 0 Å². The van der Waals surface area contributed by atoms with Crippen molar-refractivity contribution in [3.63, 3.8) is 0 Å². The van der Waals surface area contributed by atoms with Gasteiger partial charge in [0, 0.05) is 18.7 Å². The summed E-state index contributed by atoms with van der Waals surface area (Å²) < 4.78 is 0.